The van der Waals surface area contributed by atoms with Crippen LogP contribution in [0.4, 0.5) is 0 Å². The molecule has 4 rings (SSSR count). The van der Waals surface area contributed by atoms with Crippen LogP contribution in [0.3, 0.4) is 0 Å². The molecule has 140 valence electrons. The van der Waals surface area contributed by atoms with E-state index in [2.05, 4.69) is 21.4 Å². The Morgan fingerprint density at radius 1 is 1.33 bits per heavy atom. The molecule has 1 fully saturated rings. The van der Waals surface area contributed by atoms with E-state index in [9.17, 15) is 9.59 Å². The first kappa shape index (κ1) is 17.7. The zero-order valence-corrected chi connectivity index (χ0v) is 15.8. The molecule has 1 aliphatic heterocycles. The fraction of sp³-hybridized carbons (Fsp3) is 0.350. The van der Waals surface area contributed by atoms with Crippen LogP contribution in [-0.4, -0.2) is 39.3 Å². The maximum atomic E-state index is 12.7. The van der Waals surface area contributed by atoms with Crippen LogP contribution in [0, 0.1) is 0 Å². The lowest BCUT2D eigenvalue weighted by molar-refractivity contribution is -0.138. The number of hydrogen-bond acceptors (Lipinski definition) is 4. The molecule has 1 aromatic carbocycles. The summed E-state index contributed by atoms with van der Waals surface area (Å²) < 4.78 is 0. The summed E-state index contributed by atoms with van der Waals surface area (Å²) in [6.07, 6.45) is 4.65. The number of nitrogens with zero attached hydrogens (tertiary/aromatic N) is 2. The Hall–Kier alpha value is -2.67. The molecule has 1 atom stereocenters. The Kier molecular flexibility index (Phi) is 5.20. The van der Waals surface area contributed by atoms with Crippen LogP contribution in [0.25, 0.3) is 10.9 Å². The predicted molar refractivity (Wildman–Crippen MR) is 105 cm³/mol. The number of thiazole rings is 1. The van der Waals surface area contributed by atoms with Crippen molar-refractivity contribution in [2.75, 3.05) is 6.54 Å². The lowest BCUT2D eigenvalue weighted by Gasteiger charge is -2.24. The second-order valence-electron chi connectivity index (χ2n) is 6.80. The van der Waals surface area contributed by atoms with Crippen molar-refractivity contribution in [3.63, 3.8) is 0 Å². The van der Waals surface area contributed by atoms with E-state index < -0.39 is 0 Å². The molecule has 6 nitrogen and oxygen atoms in total. The molecule has 1 aliphatic rings. The number of aromatic amines is 1. The zero-order chi connectivity index (χ0) is 18.6. The van der Waals surface area contributed by atoms with Gasteiger partial charge in [-0.3, -0.25) is 9.59 Å². The van der Waals surface area contributed by atoms with E-state index in [1.165, 1.54) is 11.3 Å². The first-order chi connectivity index (χ1) is 13.2. The molecule has 3 heterocycles. The largest absolute Gasteiger partial charge is 0.361 e. The second-order valence-corrected chi connectivity index (χ2v) is 7.52. The van der Waals surface area contributed by atoms with E-state index in [-0.39, 0.29) is 17.9 Å². The van der Waals surface area contributed by atoms with Gasteiger partial charge in [0.05, 0.1) is 17.7 Å². The van der Waals surface area contributed by atoms with Crippen LogP contribution in [0.2, 0.25) is 0 Å². The summed E-state index contributed by atoms with van der Waals surface area (Å²) in [5.41, 5.74) is 4.82. The quantitative estimate of drug-likeness (QED) is 0.688. The van der Waals surface area contributed by atoms with Crippen molar-refractivity contribution in [2.24, 2.45) is 0 Å². The number of aryl methyl sites for hydroxylation is 1. The number of rotatable bonds is 6. The van der Waals surface area contributed by atoms with Crippen LogP contribution in [0.5, 0.6) is 0 Å². The minimum atomic E-state index is -0.362. The lowest BCUT2D eigenvalue weighted by Crippen LogP contribution is -2.45. The van der Waals surface area contributed by atoms with Gasteiger partial charge in [0, 0.05) is 35.4 Å². The van der Waals surface area contributed by atoms with Crippen LogP contribution in [-0.2, 0) is 22.6 Å². The average Bonchev–Trinajstić information content (AvgIpc) is 3.45. The van der Waals surface area contributed by atoms with E-state index in [0.29, 0.717) is 25.9 Å². The molecule has 1 unspecified atom stereocenters. The first-order valence-corrected chi connectivity index (χ1v) is 10.2. The molecule has 7 heteroatoms. The standard InChI is InChI=1S/C20H22N4O2S/c25-19(8-7-14-10-21-17-5-2-1-4-16(14)17)24-9-3-6-18(24)20(26)22-11-15-12-27-13-23-15/h1-2,4-5,10,12-13,18,21H,3,6-9,11H2,(H,22,26). The number of carbonyl (C=O) groups is 2. The van der Waals surface area contributed by atoms with E-state index >= 15 is 0 Å². The monoisotopic (exact) mass is 382 g/mol. The smallest absolute Gasteiger partial charge is 0.243 e. The average molecular weight is 382 g/mol. The number of amides is 2. The van der Waals surface area contributed by atoms with Gasteiger partial charge in [-0.05, 0) is 30.9 Å². The lowest BCUT2D eigenvalue weighted by atomic mass is 10.1. The van der Waals surface area contributed by atoms with Crippen molar-refractivity contribution < 1.29 is 9.59 Å². The maximum absolute atomic E-state index is 12.7. The topological polar surface area (TPSA) is 78.1 Å². The molecule has 0 aliphatic carbocycles. The van der Waals surface area contributed by atoms with Crippen molar-refractivity contribution in [3.05, 3.63) is 52.6 Å². The molecule has 0 radical (unpaired) electrons. The molecule has 2 aromatic heterocycles. The molecular formula is C20H22N4O2S. The van der Waals surface area contributed by atoms with Gasteiger partial charge in [0.15, 0.2) is 0 Å². The van der Waals surface area contributed by atoms with Crippen molar-refractivity contribution >= 4 is 34.1 Å². The van der Waals surface area contributed by atoms with Crippen LogP contribution < -0.4 is 5.32 Å². The number of para-hydroxylation sites is 1. The minimum absolute atomic E-state index is 0.0478. The zero-order valence-electron chi connectivity index (χ0n) is 15.0. The fourth-order valence-corrected chi connectivity index (χ4v) is 4.24. The highest BCUT2D eigenvalue weighted by atomic mass is 32.1. The van der Waals surface area contributed by atoms with E-state index in [4.69, 9.17) is 0 Å². The van der Waals surface area contributed by atoms with Crippen molar-refractivity contribution in [1.29, 1.82) is 0 Å². The van der Waals surface area contributed by atoms with Gasteiger partial charge in [-0.2, -0.15) is 0 Å². The van der Waals surface area contributed by atoms with Gasteiger partial charge in [0.2, 0.25) is 11.8 Å². The molecule has 27 heavy (non-hydrogen) atoms. The number of fused-ring (bicyclic) bond motifs is 1. The third-order valence-corrected chi connectivity index (χ3v) is 5.72. The summed E-state index contributed by atoms with van der Waals surface area (Å²) in [5.74, 6) is -0.0347. The minimum Gasteiger partial charge on any atom is -0.361 e. The SMILES string of the molecule is O=C(NCc1cscn1)C1CCCN1C(=O)CCc1c[nH]c2ccccc12. The molecule has 0 saturated carbocycles. The molecule has 0 spiro atoms. The van der Waals surface area contributed by atoms with Crippen molar-refractivity contribution in [3.8, 4) is 0 Å². The summed E-state index contributed by atoms with van der Waals surface area (Å²) in [5, 5.41) is 5.98. The maximum Gasteiger partial charge on any atom is 0.243 e. The van der Waals surface area contributed by atoms with E-state index in [1.54, 1.807) is 10.4 Å². The highest BCUT2D eigenvalue weighted by Crippen LogP contribution is 2.22. The molecule has 0 bridgehead atoms. The van der Waals surface area contributed by atoms with Gasteiger partial charge < -0.3 is 15.2 Å². The second kappa shape index (κ2) is 7.92. The van der Waals surface area contributed by atoms with Gasteiger partial charge in [0.1, 0.15) is 6.04 Å². The molecule has 2 N–H and O–H groups in total. The number of likely N-dealkylation sites (tertiary alicyclic amines) is 1. The fourth-order valence-electron chi connectivity index (χ4n) is 3.68. The predicted octanol–water partition coefficient (Wildman–Crippen LogP) is 2.86. The number of aromatic nitrogens is 2. The highest BCUT2D eigenvalue weighted by Gasteiger charge is 2.33. The third kappa shape index (κ3) is 3.88. The van der Waals surface area contributed by atoms with Crippen LogP contribution in [0.15, 0.2) is 41.4 Å². The summed E-state index contributed by atoms with van der Waals surface area (Å²) in [7, 11) is 0. The number of nitrogens with one attached hydrogen (secondary N) is 2. The Morgan fingerprint density at radius 3 is 3.07 bits per heavy atom. The van der Waals surface area contributed by atoms with Gasteiger partial charge >= 0.3 is 0 Å². The van der Waals surface area contributed by atoms with Crippen LogP contribution in [0.1, 0.15) is 30.5 Å². The number of carbonyl (C=O) groups excluding carboxylic acids is 2. The Balaban J connectivity index is 1.35. The number of H-pyrrole nitrogens is 1. The van der Waals surface area contributed by atoms with Crippen LogP contribution >= 0.6 is 11.3 Å². The third-order valence-electron chi connectivity index (χ3n) is 5.09. The number of benzene rings is 1. The molecule has 3 aromatic rings. The molecular weight excluding hydrogens is 360 g/mol. The van der Waals surface area contributed by atoms with E-state index in [0.717, 1.165) is 35.0 Å². The summed E-state index contributed by atoms with van der Waals surface area (Å²) in [4.78, 5) is 34.4. The highest BCUT2D eigenvalue weighted by molar-refractivity contribution is 7.07. The van der Waals surface area contributed by atoms with Gasteiger partial charge in [-0.15, -0.1) is 11.3 Å². The van der Waals surface area contributed by atoms with Gasteiger partial charge in [-0.1, -0.05) is 18.2 Å². The summed E-state index contributed by atoms with van der Waals surface area (Å²) in [6.45, 7) is 1.07. The van der Waals surface area contributed by atoms with E-state index in [1.807, 2.05) is 29.8 Å². The first-order valence-electron chi connectivity index (χ1n) is 9.21. The normalized spacial score (nSPS) is 16.7. The van der Waals surface area contributed by atoms with Crippen molar-refractivity contribution in [2.45, 2.75) is 38.3 Å². The number of hydrogen-bond donors (Lipinski definition) is 2. The summed E-state index contributed by atoms with van der Waals surface area (Å²) in [6, 6.07) is 7.73. The Bertz CT molecular complexity index is 935. The van der Waals surface area contributed by atoms with Gasteiger partial charge in [0.25, 0.3) is 0 Å². The molecule has 2 amide bonds. The Labute approximate surface area is 161 Å². The Morgan fingerprint density at radius 2 is 2.22 bits per heavy atom. The summed E-state index contributed by atoms with van der Waals surface area (Å²) >= 11 is 1.51. The van der Waals surface area contributed by atoms with Crippen molar-refractivity contribution in [1.82, 2.24) is 20.2 Å². The van der Waals surface area contributed by atoms with Gasteiger partial charge in [-0.25, -0.2) is 4.98 Å². The molecule has 1 saturated heterocycles.